The molecule has 0 bridgehead atoms. The van der Waals surface area contributed by atoms with E-state index < -0.39 is 5.54 Å². The molecular weight excluding hydrogens is 506 g/mol. The van der Waals surface area contributed by atoms with E-state index in [0.717, 1.165) is 46.1 Å². The van der Waals surface area contributed by atoms with Crippen molar-refractivity contribution in [2.45, 2.75) is 18.4 Å². The molecule has 202 valence electrons. The summed E-state index contributed by atoms with van der Waals surface area (Å²) in [5, 5.41) is 1.01. The largest absolute Gasteiger partial charge is 0.319 e. The number of hydrazine groups is 1. The third-order valence-corrected chi connectivity index (χ3v) is 7.37. The molecule has 4 aromatic carbocycles. The molecule has 0 spiro atoms. The van der Waals surface area contributed by atoms with Crippen LogP contribution in [-0.4, -0.2) is 27.0 Å². The molecule has 0 saturated carbocycles. The van der Waals surface area contributed by atoms with E-state index in [2.05, 4.69) is 99.4 Å². The van der Waals surface area contributed by atoms with Gasteiger partial charge in [0.15, 0.2) is 0 Å². The van der Waals surface area contributed by atoms with E-state index in [1.807, 2.05) is 54.9 Å². The van der Waals surface area contributed by atoms with Crippen LogP contribution in [0.3, 0.4) is 0 Å². The number of benzene rings is 4. The first-order valence-corrected chi connectivity index (χ1v) is 13.8. The first kappa shape index (κ1) is 26.2. The van der Waals surface area contributed by atoms with Gasteiger partial charge in [-0.2, -0.15) is 0 Å². The smallest absolute Gasteiger partial charge is 0.283 e. The number of nitrogens with one attached hydrogen (secondary N) is 2. The number of fused-ring (bicyclic) bond motifs is 1. The van der Waals surface area contributed by atoms with Gasteiger partial charge in [-0.15, -0.1) is 0 Å². The van der Waals surface area contributed by atoms with E-state index in [9.17, 15) is 4.79 Å². The van der Waals surface area contributed by atoms with Crippen molar-refractivity contribution in [1.29, 1.82) is 0 Å². The monoisotopic (exact) mass is 537 g/mol. The third kappa shape index (κ3) is 5.38. The van der Waals surface area contributed by atoms with Crippen LogP contribution in [0.1, 0.15) is 39.3 Å². The highest BCUT2D eigenvalue weighted by molar-refractivity contribution is 5.94. The number of hydrogen-bond acceptors (Lipinski definition) is 4. The second kappa shape index (κ2) is 12.0. The maximum absolute atomic E-state index is 12.6. The van der Waals surface area contributed by atoms with Gasteiger partial charge >= 0.3 is 0 Å². The van der Waals surface area contributed by atoms with Gasteiger partial charge < -0.3 is 4.57 Å². The molecule has 6 aromatic rings. The summed E-state index contributed by atoms with van der Waals surface area (Å²) in [5.74, 6) is -0.251. The molecule has 6 rings (SSSR count). The number of rotatable bonds is 10. The summed E-state index contributed by atoms with van der Waals surface area (Å²) in [4.78, 5) is 21.9. The van der Waals surface area contributed by atoms with Crippen LogP contribution in [0.4, 0.5) is 0 Å². The maximum Gasteiger partial charge on any atom is 0.283 e. The van der Waals surface area contributed by atoms with Crippen LogP contribution in [0.2, 0.25) is 0 Å². The summed E-state index contributed by atoms with van der Waals surface area (Å²) in [7, 11) is 0. The van der Waals surface area contributed by atoms with E-state index in [-0.39, 0.29) is 5.91 Å². The lowest BCUT2D eigenvalue weighted by Crippen LogP contribution is -2.38. The lowest BCUT2D eigenvalue weighted by molar-refractivity contribution is 0.0928. The second-order valence-electron chi connectivity index (χ2n) is 9.95. The summed E-state index contributed by atoms with van der Waals surface area (Å²) in [6.45, 7) is 0.605. The van der Waals surface area contributed by atoms with Gasteiger partial charge in [-0.1, -0.05) is 115 Å². The molecule has 0 saturated heterocycles. The minimum absolute atomic E-state index is 0.251. The topological polar surface area (TPSA) is 71.8 Å². The van der Waals surface area contributed by atoms with Crippen LogP contribution in [0.5, 0.6) is 0 Å². The van der Waals surface area contributed by atoms with Crippen molar-refractivity contribution in [3.63, 3.8) is 0 Å². The first-order chi connectivity index (χ1) is 20.2. The van der Waals surface area contributed by atoms with Gasteiger partial charge in [-0.25, -0.2) is 15.4 Å². The number of hydrogen-bond donors (Lipinski definition) is 2. The Hall–Kier alpha value is -5.07. The Morgan fingerprint density at radius 1 is 0.707 bits per heavy atom. The molecule has 2 heterocycles. The average Bonchev–Trinajstić information content (AvgIpc) is 3.51. The average molecular weight is 538 g/mol. The summed E-state index contributed by atoms with van der Waals surface area (Å²) in [5.41, 5.74) is 10.9. The Balaban J connectivity index is 1.18. The van der Waals surface area contributed by atoms with Gasteiger partial charge in [-0.3, -0.25) is 10.2 Å². The maximum atomic E-state index is 12.6. The van der Waals surface area contributed by atoms with Crippen LogP contribution in [0.25, 0.3) is 10.9 Å². The first-order valence-electron chi connectivity index (χ1n) is 13.8. The van der Waals surface area contributed by atoms with Crippen LogP contribution in [0.15, 0.2) is 140 Å². The predicted octanol–water partition coefficient (Wildman–Crippen LogP) is 6.14. The Morgan fingerprint density at radius 3 is 1.93 bits per heavy atom. The Labute approximate surface area is 239 Å². The van der Waals surface area contributed by atoms with Gasteiger partial charge in [0.25, 0.3) is 5.91 Å². The number of carbonyl (C=O) groups excluding carboxylic acids is 1. The molecule has 41 heavy (non-hydrogen) atoms. The Kier molecular flexibility index (Phi) is 7.65. The number of para-hydroxylation sites is 1. The zero-order chi connectivity index (χ0) is 27.9. The van der Waals surface area contributed by atoms with Gasteiger partial charge in [0, 0.05) is 18.1 Å². The minimum Gasteiger partial charge on any atom is -0.319 e. The molecule has 1 amide bonds. The number of pyridine rings is 1. The Bertz CT molecular complexity index is 1640. The van der Waals surface area contributed by atoms with Crippen LogP contribution in [-0.2, 0) is 12.0 Å². The van der Waals surface area contributed by atoms with Gasteiger partial charge in [0.05, 0.1) is 17.5 Å². The summed E-state index contributed by atoms with van der Waals surface area (Å²) >= 11 is 0. The standard InChI is InChI=1S/C35H31N5O/c41-34(33-23-22-27-13-10-11-21-32(27)38-33)39-37-24-12-20-31-25-40(26-36-31)35(28-14-4-1-5-15-28,29-16-6-2-7-17-29)30-18-8-3-9-19-30/h1-11,13-19,21-23,25-26,37H,12,20,24H2,(H,39,41). The molecular formula is C35H31N5O. The fourth-order valence-electron chi connectivity index (χ4n) is 5.42. The van der Waals surface area contributed by atoms with Crippen molar-refractivity contribution in [2.24, 2.45) is 0 Å². The van der Waals surface area contributed by atoms with Crippen LogP contribution < -0.4 is 10.9 Å². The molecule has 2 N–H and O–H groups in total. The molecule has 6 heteroatoms. The third-order valence-electron chi connectivity index (χ3n) is 7.37. The van der Waals surface area contributed by atoms with Crippen molar-refractivity contribution in [2.75, 3.05) is 6.54 Å². The molecule has 0 aliphatic heterocycles. The van der Waals surface area contributed by atoms with Crippen molar-refractivity contribution >= 4 is 16.8 Å². The van der Waals surface area contributed by atoms with Crippen molar-refractivity contribution in [3.05, 3.63) is 168 Å². The highest BCUT2D eigenvalue weighted by Crippen LogP contribution is 2.40. The predicted molar refractivity (Wildman–Crippen MR) is 162 cm³/mol. The van der Waals surface area contributed by atoms with E-state index in [4.69, 9.17) is 4.98 Å². The number of carbonyl (C=O) groups is 1. The lowest BCUT2D eigenvalue weighted by atomic mass is 9.77. The van der Waals surface area contributed by atoms with Gasteiger partial charge in [0.2, 0.25) is 0 Å². The highest BCUT2D eigenvalue weighted by Gasteiger charge is 2.38. The lowest BCUT2D eigenvalue weighted by Gasteiger charge is -2.37. The van der Waals surface area contributed by atoms with Gasteiger partial charge in [-0.05, 0) is 41.7 Å². The summed E-state index contributed by atoms with van der Waals surface area (Å²) in [6, 6.07) is 43.1. The number of aromatic nitrogens is 3. The van der Waals surface area contributed by atoms with Crippen LogP contribution in [0, 0.1) is 0 Å². The zero-order valence-electron chi connectivity index (χ0n) is 22.7. The minimum atomic E-state index is -0.575. The van der Waals surface area contributed by atoms with E-state index in [1.165, 1.54) is 0 Å². The van der Waals surface area contributed by atoms with Crippen molar-refractivity contribution in [3.8, 4) is 0 Å². The van der Waals surface area contributed by atoms with E-state index in [1.54, 1.807) is 6.07 Å². The molecule has 2 aromatic heterocycles. The van der Waals surface area contributed by atoms with Crippen LogP contribution >= 0.6 is 0 Å². The van der Waals surface area contributed by atoms with E-state index in [0.29, 0.717) is 12.2 Å². The fourth-order valence-corrected chi connectivity index (χ4v) is 5.42. The zero-order valence-corrected chi connectivity index (χ0v) is 22.7. The van der Waals surface area contributed by atoms with E-state index >= 15 is 0 Å². The van der Waals surface area contributed by atoms with Crippen molar-refractivity contribution < 1.29 is 4.79 Å². The quantitative estimate of drug-likeness (QED) is 0.125. The molecule has 0 radical (unpaired) electrons. The summed E-state index contributed by atoms with van der Waals surface area (Å²) in [6.07, 6.45) is 5.64. The fraction of sp³-hybridized carbons (Fsp3) is 0.114. The molecule has 0 fully saturated rings. The number of aryl methyl sites for hydroxylation is 1. The molecule has 6 nitrogen and oxygen atoms in total. The second-order valence-corrected chi connectivity index (χ2v) is 9.95. The van der Waals surface area contributed by atoms with Gasteiger partial charge in [0.1, 0.15) is 11.2 Å². The molecule has 0 unspecified atom stereocenters. The molecule has 0 atom stereocenters. The SMILES string of the molecule is O=C(NNCCCc1cn(C(c2ccccc2)(c2ccccc2)c2ccccc2)cn1)c1ccc2ccccc2n1. The van der Waals surface area contributed by atoms with Crippen molar-refractivity contribution in [1.82, 2.24) is 25.4 Å². The number of imidazole rings is 1. The summed E-state index contributed by atoms with van der Waals surface area (Å²) < 4.78 is 2.23. The highest BCUT2D eigenvalue weighted by atomic mass is 16.2. The number of amides is 1. The molecule has 0 aliphatic carbocycles. The molecule has 0 aliphatic rings. The Morgan fingerprint density at radius 2 is 1.29 bits per heavy atom. The normalized spacial score (nSPS) is 11.4. The number of nitrogens with zero attached hydrogens (tertiary/aromatic N) is 3.